The molecule has 0 spiro atoms. The minimum atomic E-state index is -2.69. The van der Waals surface area contributed by atoms with Gasteiger partial charge in [-0.2, -0.15) is 5.10 Å². The van der Waals surface area contributed by atoms with Gasteiger partial charge >= 0.3 is 0 Å². The predicted molar refractivity (Wildman–Crippen MR) is 87.5 cm³/mol. The number of amides is 1. The molecule has 1 aromatic heterocycles. The van der Waals surface area contributed by atoms with E-state index in [1.54, 1.807) is 36.4 Å². The van der Waals surface area contributed by atoms with Gasteiger partial charge < -0.3 is 5.73 Å². The number of benzene rings is 2. The van der Waals surface area contributed by atoms with Crippen LogP contribution in [0.2, 0.25) is 5.02 Å². The van der Waals surface area contributed by atoms with Crippen LogP contribution in [0.3, 0.4) is 0 Å². The van der Waals surface area contributed by atoms with Crippen molar-refractivity contribution in [1.29, 1.82) is 0 Å². The topological polar surface area (TPSA) is 60.9 Å². The highest BCUT2D eigenvalue weighted by atomic mass is 35.5. The summed E-state index contributed by atoms with van der Waals surface area (Å²) in [4.78, 5) is 11.2. The zero-order valence-corrected chi connectivity index (χ0v) is 13.0. The zero-order valence-electron chi connectivity index (χ0n) is 12.3. The van der Waals surface area contributed by atoms with Gasteiger partial charge in [-0.05, 0) is 42.5 Å². The van der Waals surface area contributed by atoms with Crippen LogP contribution in [0.5, 0.6) is 0 Å². The largest absolute Gasteiger partial charge is 0.366 e. The molecule has 1 amide bonds. The first-order valence-corrected chi connectivity index (χ1v) is 7.38. The van der Waals surface area contributed by atoms with Gasteiger partial charge in [0, 0.05) is 16.1 Å². The number of hydrogen-bond donors (Lipinski definition) is 1. The number of rotatable bonds is 4. The Morgan fingerprint density at radius 1 is 1.08 bits per heavy atom. The maximum Gasteiger partial charge on any atom is 0.282 e. The Morgan fingerprint density at radius 3 is 2.25 bits per heavy atom. The molecular formula is C17H12ClF2N3O. The lowest BCUT2D eigenvalue weighted by Gasteiger charge is -2.08. The average Bonchev–Trinajstić information content (AvgIpc) is 3.01. The van der Waals surface area contributed by atoms with E-state index in [-0.39, 0.29) is 5.69 Å². The van der Waals surface area contributed by atoms with Crippen molar-refractivity contribution in [2.75, 3.05) is 0 Å². The third kappa shape index (κ3) is 3.14. The van der Waals surface area contributed by atoms with Crippen molar-refractivity contribution in [3.63, 3.8) is 0 Å². The van der Waals surface area contributed by atoms with Crippen molar-refractivity contribution in [2.45, 2.75) is 6.43 Å². The molecule has 4 nitrogen and oxygen atoms in total. The van der Waals surface area contributed by atoms with E-state index in [4.69, 9.17) is 17.3 Å². The fourth-order valence-corrected chi connectivity index (χ4v) is 2.42. The van der Waals surface area contributed by atoms with Crippen LogP contribution in [0.1, 0.15) is 22.5 Å². The predicted octanol–water partition coefficient (Wildman–Crippen LogP) is 4.23. The second kappa shape index (κ2) is 6.41. The fourth-order valence-electron chi connectivity index (χ4n) is 2.30. The molecule has 0 bridgehead atoms. The van der Waals surface area contributed by atoms with Gasteiger partial charge in [0.25, 0.3) is 6.43 Å². The van der Waals surface area contributed by atoms with Crippen LogP contribution >= 0.6 is 11.6 Å². The Morgan fingerprint density at radius 2 is 1.71 bits per heavy atom. The van der Waals surface area contributed by atoms with Crippen LogP contribution in [0, 0.1) is 0 Å². The second-order valence-corrected chi connectivity index (χ2v) is 5.52. The molecule has 7 heteroatoms. The number of aromatic nitrogens is 2. The molecule has 0 fully saturated rings. The number of carbonyl (C=O) groups is 1. The van der Waals surface area contributed by atoms with Crippen LogP contribution < -0.4 is 5.73 Å². The number of alkyl halides is 2. The first-order valence-electron chi connectivity index (χ1n) is 7.00. The first kappa shape index (κ1) is 16.1. The van der Waals surface area contributed by atoms with E-state index in [1.807, 2.05) is 0 Å². The number of nitrogens with zero attached hydrogens (tertiary/aromatic N) is 2. The molecule has 3 rings (SSSR count). The molecular weight excluding hydrogens is 336 g/mol. The molecule has 0 saturated heterocycles. The maximum atomic E-state index is 13.1. The van der Waals surface area contributed by atoms with Crippen LogP contribution in [-0.4, -0.2) is 15.7 Å². The summed E-state index contributed by atoms with van der Waals surface area (Å²) in [6, 6.07) is 14.4. The third-order valence-corrected chi connectivity index (χ3v) is 3.74. The molecule has 3 aromatic rings. The molecule has 0 saturated carbocycles. The number of nitrogens with two attached hydrogens (primary N) is 1. The van der Waals surface area contributed by atoms with E-state index in [0.717, 1.165) is 0 Å². The number of primary amides is 1. The Labute approximate surface area is 141 Å². The average molecular weight is 348 g/mol. The Balaban J connectivity index is 2.12. The van der Waals surface area contributed by atoms with Crippen molar-refractivity contribution >= 4 is 17.5 Å². The number of carbonyl (C=O) groups excluding carboxylic acids is 1. The summed E-state index contributed by atoms with van der Waals surface area (Å²) in [6.45, 7) is 0. The monoisotopic (exact) mass is 347 g/mol. The van der Waals surface area contributed by atoms with E-state index >= 15 is 0 Å². The molecule has 2 N–H and O–H groups in total. The van der Waals surface area contributed by atoms with Crippen LogP contribution in [0.25, 0.3) is 16.9 Å². The van der Waals surface area contributed by atoms with Crippen LogP contribution in [0.15, 0.2) is 54.6 Å². The highest BCUT2D eigenvalue weighted by molar-refractivity contribution is 6.30. The zero-order chi connectivity index (χ0) is 17.3. The molecule has 24 heavy (non-hydrogen) atoms. The molecule has 0 aliphatic rings. The van der Waals surface area contributed by atoms with E-state index < -0.39 is 12.3 Å². The third-order valence-electron chi connectivity index (χ3n) is 3.49. The van der Waals surface area contributed by atoms with Gasteiger partial charge in [0.05, 0.1) is 11.4 Å². The molecule has 0 atom stereocenters. The van der Waals surface area contributed by atoms with Gasteiger partial charge in [-0.25, -0.2) is 13.5 Å². The van der Waals surface area contributed by atoms with E-state index in [2.05, 4.69) is 5.10 Å². The van der Waals surface area contributed by atoms with Crippen LogP contribution in [-0.2, 0) is 0 Å². The SMILES string of the molecule is NC(=O)c1ccc(-n2nc(C(F)F)cc2-c2ccc(Cl)cc2)cc1. The smallest absolute Gasteiger partial charge is 0.282 e. The Bertz CT molecular complexity index is 874. The Kier molecular flexibility index (Phi) is 4.31. The second-order valence-electron chi connectivity index (χ2n) is 5.08. The Hall–Kier alpha value is -2.73. The minimum absolute atomic E-state index is 0.327. The molecule has 1 heterocycles. The summed E-state index contributed by atoms with van der Waals surface area (Å²) in [5, 5.41) is 4.52. The summed E-state index contributed by atoms with van der Waals surface area (Å²) < 4.78 is 27.5. The summed E-state index contributed by atoms with van der Waals surface area (Å²) in [5.41, 5.74) is 6.93. The van der Waals surface area contributed by atoms with E-state index in [1.165, 1.54) is 22.9 Å². The summed E-state index contributed by atoms with van der Waals surface area (Å²) in [7, 11) is 0. The van der Waals surface area contributed by atoms with Gasteiger partial charge in [-0.3, -0.25) is 4.79 Å². The lowest BCUT2D eigenvalue weighted by molar-refractivity contribution is 0.1000. The lowest BCUT2D eigenvalue weighted by atomic mass is 10.1. The highest BCUT2D eigenvalue weighted by Crippen LogP contribution is 2.29. The molecule has 0 unspecified atom stereocenters. The van der Waals surface area contributed by atoms with E-state index in [9.17, 15) is 13.6 Å². The first-order chi connectivity index (χ1) is 11.5. The van der Waals surface area contributed by atoms with Crippen molar-refractivity contribution in [2.24, 2.45) is 5.73 Å². The molecule has 122 valence electrons. The number of hydrogen-bond acceptors (Lipinski definition) is 2. The van der Waals surface area contributed by atoms with Gasteiger partial charge in [-0.1, -0.05) is 23.7 Å². The van der Waals surface area contributed by atoms with Crippen molar-refractivity contribution in [1.82, 2.24) is 9.78 Å². The quantitative estimate of drug-likeness (QED) is 0.767. The minimum Gasteiger partial charge on any atom is -0.366 e. The van der Waals surface area contributed by atoms with Gasteiger partial charge in [-0.15, -0.1) is 0 Å². The van der Waals surface area contributed by atoms with Gasteiger partial charge in [0.2, 0.25) is 5.91 Å². The molecule has 2 aromatic carbocycles. The fraction of sp³-hybridized carbons (Fsp3) is 0.0588. The maximum absolute atomic E-state index is 13.1. The van der Waals surface area contributed by atoms with Gasteiger partial charge in [0.1, 0.15) is 5.69 Å². The summed E-state index contributed by atoms with van der Waals surface area (Å²) in [6.07, 6.45) is -2.69. The van der Waals surface area contributed by atoms with Crippen molar-refractivity contribution in [3.05, 3.63) is 70.9 Å². The number of halogens is 3. The van der Waals surface area contributed by atoms with Crippen molar-refractivity contribution in [3.8, 4) is 16.9 Å². The molecule has 0 aliphatic heterocycles. The molecule has 0 radical (unpaired) electrons. The van der Waals surface area contributed by atoms with Crippen molar-refractivity contribution < 1.29 is 13.6 Å². The van der Waals surface area contributed by atoms with Crippen LogP contribution in [0.4, 0.5) is 8.78 Å². The normalized spacial score (nSPS) is 11.0. The highest BCUT2D eigenvalue weighted by Gasteiger charge is 2.18. The van der Waals surface area contributed by atoms with E-state index in [0.29, 0.717) is 27.5 Å². The molecule has 0 aliphatic carbocycles. The lowest BCUT2D eigenvalue weighted by Crippen LogP contribution is -2.11. The van der Waals surface area contributed by atoms with Gasteiger partial charge in [0.15, 0.2) is 0 Å². The summed E-state index contributed by atoms with van der Waals surface area (Å²) in [5.74, 6) is -0.562. The summed E-state index contributed by atoms with van der Waals surface area (Å²) >= 11 is 5.87. The standard InChI is InChI=1S/C17H12ClF2N3O/c18-12-5-1-10(2-6-12)15-9-14(16(19)20)22-23(15)13-7-3-11(4-8-13)17(21)24/h1-9,16H,(H2,21,24).